The highest BCUT2D eigenvalue weighted by Crippen LogP contribution is 2.15. The van der Waals surface area contributed by atoms with Crippen LogP contribution >= 0.6 is 0 Å². The molecule has 0 spiro atoms. The Morgan fingerprint density at radius 2 is 0.977 bits per heavy atom. The van der Waals surface area contributed by atoms with E-state index in [1.54, 1.807) is 0 Å². The van der Waals surface area contributed by atoms with Crippen LogP contribution in [-0.2, 0) is 19.1 Å². The number of carboxylic acids is 1. The minimum atomic E-state index is -1.10. The number of carbonyl (C=O) groups is 3. The Morgan fingerprint density at radius 3 is 1.42 bits per heavy atom. The second-order valence-electron chi connectivity index (χ2n) is 13.3. The predicted molar refractivity (Wildman–Crippen MR) is 180 cm³/mol. The number of aliphatic carboxylic acids is 1. The number of nitrogens with one attached hydrogen (secondary N) is 1. The molecule has 0 aliphatic rings. The first-order chi connectivity index (χ1) is 20.9. The zero-order valence-electron chi connectivity index (χ0n) is 28.7. The van der Waals surface area contributed by atoms with Gasteiger partial charge in [0.1, 0.15) is 6.04 Å². The van der Waals surface area contributed by atoms with E-state index >= 15 is 0 Å². The Kier molecular flexibility index (Phi) is 30.6. The van der Waals surface area contributed by atoms with Gasteiger partial charge in [-0.3, -0.25) is 9.59 Å². The van der Waals surface area contributed by atoms with Crippen LogP contribution in [0.1, 0.15) is 201 Å². The van der Waals surface area contributed by atoms with Crippen LogP contribution in [0.3, 0.4) is 0 Å². The summed E-state index contributed by atoms with van der Waals surface area (Å²) >= 11 is 0. The van der Waals surface area contributed by atoms with Gasteiger partial charge in [0.25, 0.3) is 0 Å². The van der Waals surface area contributed by atoms with Gasteiger partial charge in [-0.1, -0.05) is 168 Å². The minimum Gasteiger partial charge on any atom is -0.480 e. The number of hydrogen-bond acceptors (Lipinski definition) is 4. The zero-order chi connectivity index (χ0) is 31.8. The number of rotatable bonds is 33. The Morgan fingerprint density at radius 1 is 0.558 bits per heavy atom. The van der Waals surface area contributed by atoms with Crippen molar-refractivity contribution in [3.05, 3.63) is 0 Å². The van der Waals surface area contributed by atoms with Crippen molar-refractivity contribution in [1.29, 1.82) is 0 Å². The van der Waals surface area contributed by atoms with Crippen LogP contribution < -0.4 is 5.32 Å². The third-order valence-corrected chi connectivity index (χ3v) is 8.47. The quantitative estimate of drug-likeness (QED) is 0.0570. The fourth-order valence-corrected chi connectivity index (χ4v) is 5.59. The lowest BCUT2D eigenvalue weighted by Gasteiger charge is -2.14. The maximum atomic E-state index is 12.2. The summed E-state index contributed by atoms with van der Waals surface area (Å²) in [5.41, 5.74) is 0. The van der Waals surface area contributed by atoms with E-state index in [2.05, 4.69) is 26.1 Å². The van der Waals surface area contributed by atoms with Crippen molar-refractivity contribution in [2.75, 3.05) is 6.61 Å². The summed E-state index contributed by atoms with van der Waals surface area (Å²) in [5, 5.41) is 12.0. The third-order valence-electron chi connectivity index (χ3n) is 8.47. The molecule has 0 bridgehead atoms. The molecular weight excluding hydrogens is 538 g/mol. The lowest BCUT2D eigenvalue weighted by atomic mass is 10.0. The van der Waals surface area contributed by atoms with Crippen LogP contribution in [0.4, 0.5) is 0 Å². The molecule has 1 amide bonds. The van der Waals surface area contributed by atoms with Crippen LogP contribution in [0, 0.1) is 5.92 Å². The molecule has 1 atom stereocenters. The maximum Gasteiger partial charge on any atom is 0.326 e. The molecule has 0 heterocycles. The predicted octanol–water partition coefficient (Wildman–Crippen LogP) is 10.7. The normalized spacial score (nSPS) is 12.0. The molecule has 0 aromatic carbocycles. The summed E-state index contributed by atoms with van der Waals surface area (Å²) in [6.07, 6.45) is 31.7. The topological polar surface area (TPSA) is 92.7 Å². The summed E-state index contributed by atoms with van der Waals surface area (Å²) in [4.78, 5) is 35.9. The molecule has 43 heavy (non-hydrogen) atoms. The van der Waals surface area contributed by atoms with E-state index in [1.807, 2.05) is 0 Å². The highest BCUT2D eigenvalue weighted by molar-refractivity contribution is 5.84. The van der Waals surface area contributed by atoms with Gasteiger partial charge in [-0.15, -0.1) is 0 Å². The number of esters is 1. The number of carbonyl (C=O) groups excluding carboxylic acids is 2. The Labute approximate surface area is 266 Å². The molecule has 0 aliphatic heterocycles. The van der Waals surface area contributed by atoms with Gasteiger partial charge in [-0.2, -0.15) is 0 Å². The molecule has 0 aliphatic carbocycles. The van der Waals surface area contributed by atoms with Crippen LogP contribution in [-0.4, -0.2) is 35.6 Å². The van der Waals surface area contributed by atoms with Crippen LogP contribution in [0.5, 0.6) is 0 Å². The van der Waals surface area contributed by atoms with Gasteiger partial charge >= 0.3 is 11.9 Å². The smallest absolute Gasteiger partial charge is 0.326 e. The molecule has 6 nitrogen and oxygen atoms in total. The van der Waals surface area contributed by atoms with E-state index in [1.165, 1.54) is 128 Å². The molecule has 0 unspecified atom stereocenters. The first-order valence-electron chi connectivity index (χ1n) is 18.5. The number of unbranched alkanes of at least 4 members (excludes halogenated alkanes) is 22. The van der Waals surface area contributed by atoms with Gasteiger partial charge in [0.05, 0.1) is 6.61 Å². The van der Waals surface area contributed by atoms with E-state index in [9.17, 15) is 19.5 Å². The van der Waals surface area contributed by atoms with Gasteiger partial charge in [-0.25, -0.2) is 4.79 Å². The van der Waals surface area contributed by atoms with E-state index in [4.69, 9.17) is 4.74 Å². The average Bonchev–Trinajstić information content (AvgIpc) is 2.97. The Balaban J connectivity index is 3.62. The second kappa shape index (κ2) is 31.8. The molecule has 2 N–H and O–H groups in total. The molecular formula is C37H71NO5. The molecule has 0 radical (unpaired) electrons. The molecule has 6 heteroatoms. The summed E-state index contributed by atoms with van der Waals surface area (Å²) in [7, 11) is 0. The molecule has 254 valence electrons. The van der Waals surface area contributed by atoms with Crippen LogP contribution in [0.25, 0.3) is 0 Å². The number of carboxylic acid groups (broad SMARTS) is 1. The highest BCUT2D eigenvalue weighted by Gasteiger charge is 2.21. The largest absolute Gasteiger partial charge is 0.480 e. The molecule has 0 aromatic rings. The summed E-state index contributed by atoms with van der Waals surface area (Å²) in [5.74, 6) is -0.888. The van der Waals surface area contributed by atoms with Crippen molar-refractivity contribution < 1.29 is 24.2 Å². The molecule has 0 aromatic heterocycles. The number of hydrogen-bond donors (Lipinski definition) is 2. The first-order valence-corrected chi connectivity index (χ1v) is 18.5. The monoisotopic (exact) mass is 610 g/mol. The number of ether oxygens (including phenoxy) is 1. The summed E-state index contributed by atoms with van der Waals surface area (Å²) in [6.45, 7) is 7.24. The standard InChI is InChI=1S/C37H71NO5/c1-4-5-6-7-8-9-13-17-20-23-26-29-35(39)38-34(37(41)42)30-31-36(40)43-32-27-24-21-18-15-12-10-11-14-16-19-22-25-28-33(2)3/h33-34H,4-32H2,1-3H3,(H,38,39)(H,41,42)/t34-/m0/s1. The average molecular weight is 610 g/mol. The van der Waals surface area contributed by atoms with Crippen LogP contribution in [0.2, 0.25) is 0 Å². The van der Waals surface area contributed by atoms with Gasteiger partial charge in [0.15, 0.2) is 0 Å². The van der Waals surface area contributed by atoms with Gasteiger partial charge in [0.2, 0.25) is 5.91 Å². The van der Waals surface area contributed by atoms with Crippen molar-refractivity contribution >= 4 is 17.8 Å². The fraction of sp³-hybridized carbons (Fsp3) is 0.919. The SMILES string of the molecule is CCCCCCCCCCCCCC(=O)N[C@@H](CCC(=O)OCCCCCCCCCCCCCCCC(C)C)C(=O)O. The second-order valence-corrected chi connectivity index (χ2v) is 13.3. The Hall–Kier alpha value is -1.59. The molecule has 0 saturated carbocycles. The fourth-order valence-electron chi connectivity index (χ4n) is 5.59. The van der Waals surface area contributed by atoms with E-state index in [0.29, 0.717) is 13.0 Å². The van der Waals surface area contributed by atoms with Gasteiger partial charge in [0, 0.05) is 12.8 Å². The van der Waals surface area contributed by atoms with Crippen molar-refractivity contribution in [3.8, 4) is 0 Å². The minimum absolute atomic E-state index is 0.00758. The first kappa shape index (κ1) is 41.4. The Bertz CT molecular complexity index is 651. The van der Waals surface area contributed by atoms with E-state index in [0.717, 1.165) is 38.0 Å². The summed E-state index contributed by atoms with van der Waals surface area (Å²) < 4.78 is 5.30. The van der Waals surface area contributed by atoms with Crippen molar-refractivity contribution in [2.24, 2.45) is 5.92 Å². The zero-order valence-corrected chi connectivity index (χ0v) is 28.7. The van der Waals surface area contributed by atoms with Crippen molar-refractivity contribution in [1.82, 2.24) is 5.32 Å². The van der Waals surface area contributed by atoms with E-state index < -0.39 is 12.0 Å². The van der Waals surface area contributed by atoms with E-state index in [-0.39, 0.29) is 24.7 Å². The lowest BCUT2D eigenvalue weighted by molar-refractivity contribution is -0.145. The molecule has 0 rings (SSSR count). The lowest BCUT2D eigenvalue weighted by Crippen LogP contribution is -2.41. The summed E-state index contributed by atoms with van der Waals surface area (Å²) in [6, 6.07) is -1.04. The molecule has 0 fully saturated rings. The van der Waals surface area contributed by atoms with Gasteiger partial charge < -0.3 is 15.2 Å². The third kappa shape index (κ3) is 31.6. The van der Waals surface area contributed by atoms with Gasteiger partial charge in [-0.05, 0) is 25.2 Å². The molecule has 0 saturated heterocycles. The van der Waals surface area contributed by atoms with Crippen molar-refractivity contribution in [3.63, 3.8) is 0 Å². The number of amides is 1. The van der Waals surface area contributed by atoms with Crippen LogP contribution in [0.15, 0.2) is 0 Å². The highest BCUT2D eigenvalue weighted by atomic mass is 16.5. The van der Waals surface area contributed by atoms with Crippen molar-refractivity contribution in [2.45, 2.75) is 207 Å². The maximum absolute atomic E-state index is 12.2.